The molecule has 0 saturated carbocycles. The minimum absolute atomic E-state index is 0.245. The molecule has 40 heavy (non-hydrogen) atoms. The number of furan rings is 1. The summed E-state index contributed by atoms with van der Waals surface area (Å²) in [7, 11) is 0. The van der Waals surface area contributed by atoms with Crippen LogP contribution < -0.4 is 0 Å². The number of halogens is 1. The molecule has 0 amide bonds. The van der Waals surface area contributed by atoms with Crippen LogP contribution in [0.15, 0.2) is 126 Å². The van der Waals surface area contributed by atoms with Gasteiger partial charge in [-0.3, -0.25) is 0 Å². The van der Waals surface area contributed by atoms with Crippen molar-refractivity contribution >= 4 is 75.3 Å². The minimum atomic E-state index is -0.245. The second-order valence-corrected chi connectivity index (χ2v) is 11.4. The molecule has 0 spiro atoms. The molecule has 3 aromatic heterocycles. The van der Waals surface area contributed by atoms with E-state index >= 15 is 0 Å². The number of thiophene rings is 1. The summed E-state index contributed by atoms with van der Waals surface area (Å²) in [5, 5.41) is 6.79. The van der Waals surface area contributed by atoms with E-state index in [-0.39, 0.29) is 5.82 Å². The largest absolute Gasteiger partial charge is 0.455 e. The Bertz CT molecular complexity index is 2460. The monoisotopic (exact) mass is 533 g/mol. The van der Waals surface area contributed by atoms with Crippen LogP contribution in [0.25, 0.3) is 80.7 Å². The fourth-order valence-electron chi connectivity index (χ4n) is 6.27. The molecular weight excluding hydrogens is 513 g/mol. The van der Waals surface area contributed by atoms with Crippen LogP contribution in [0.5, 0.6) is 0 Å². The van der Waals surface area contributed by atoms with Crippen molar-refractivity contribution in [3.63, 3.8) is 0 Å². The molecule has 0 atom stereocenters. The zero-order valence-electron chi connectivity index (χ0n) is 21.2. The van der Waals surface area contributed by atoms with Gasteiger partial charge in [0.1, 0.15) is 17.0 Å². The molecule has 9 rings (SSSR count). The van der Waals surface area contributed by atoms with Gasteiger partial charge in [0.2, 0.25) is 0 Å². The highest BCUT2D eigenvalue weighted by molar-refractivity contribution is 7.25. The lowest BCUT2D eigenvalue weighted by atomic mass is 10.0. The van der Waals surface area contributed by atoms with Crippen LogP contribution in [0.3, 0.4) is 0 Å². The number of benzene rings is 6. The molecule has 9 aromatic rings. The van der Waals surface area contributed by atoms with Crippen LogP contribution >= 0.6 is 11.3 Å². The predicted molar refractivity (Wildman–Crippen MR) is 166 cm³/mol. The first-order chi connectivity index (χ1) is 19.7. The highest BCUT2D eigenvalue weighted by Crippen LogP contribution is 2.41. The predicted octanol–water partition coefficient (Wildman–Crippen LogP) is 10.9. The lowest BCUT2D eigenvalue weighted by molar-refractivity contribution is 0.629. The normalized spacial score (nSPS) is 12.1. The Balaban J connectivity index is 1.32. The SMILES string of the molecule is Fc1ccc2c3cc(-c4cccc5c4oc4ccccc45)ccc3n(-c3ccc4sc5ccccc5c4c3)c2c1. The molecule has 0 saturated heterocycles. The Hall–Kier alpha value is -4.93. The average molecular weight is 534 g/mol. The molecule has 0 aliphatic rings. The summed E-state index contributed by atoms with van der Waals surface area (Å²) in [6.45, 7) is 0. The standard InChI is InChI=1S/C36H20FNOS/c37-22-13-15-25-29-18-21(24-8-5-9-28-26-6-1-3-10-33(26)39-36(24)28)12-16-31(29)38(32(25)19-22)23-14-17-35-30(20-23)27-7-2-4-11-34(27)40-35/h1-20H. The van der Waals surface area contributed by atoms with Crippen molar-refractivity contribution in [1.82, 2.24) is 4.57 Å². The van der Waals surface area contributed by atoms with E-state index in [0.717, 1.165) is 60.6 Å². The molecule has 0 N–H and O–H groups in total. The minimum Gasteiger partial charge on any atom is -0.455 e. The van der Waals surface area contributed by atoms with Gasteiger partial charge in [0.25, 0.3) is 0 Å². The molecule has 3 heterocycles. The Morgan fingerprint density at radius 2 is 1.38 bits per heavy atom. The summed E-state index contributed by atoms with van der Waals surface area (Å²) in [6, 6.07) is 41.1. The van der Waals surface area contributed by atoms with Gasteiger partial charge in [-0.05, 0) is 66.2 Å². The van der Waals surface area contributed by atoms with Crippen LogP contribution in [-0.2, 0) is 0 Å². The zero-order valence-corrected chi connectivity index (χ0v) is 22.0. The lowest BCUT2D eigenvalue weighted by Crippen LogP contribution is -1.94. The van der Waals surface area contributed by atoms with Crippen molar-refractivity contribution in [3.8, 4) is 16.8 Å². The van der Waals surface area contributed by atoms with Crippen LogP contribution in [-0.4, -0.2) is 4.57 Å². The van der Waals surface area contributed by atoms with Crippen molar-refractivity contribution in [3.05, 3.63) is 127 Å². The molecular formula is C36H20FNOS. The van der Waals surface area contributed by atoms with E-state index in [1.165, 1.54) is 20.2 Å². The van der Waals surface area contributed by atoms with Gasteiger partial charge in [-0.15, -0.1) is 11.3 Å². The summed E-state index contributed by atoms with van der Waals surface area (Å²) in [5.74, 6) is -0.245. The van der Waals surface area contributed by atoms with Gasteiger partial charge in [0, 0.05) is 53.0 Å². The second kappa shape index (κ2) is 8.04. The Morgan fingerprint density at radius 3 is 2.33 bits per heavy atom. The van der Waals surface area contributed by atoms with Crippen LogP contribution in [0.1, 0.15) is 0 Å². The van der Waals surface area contributed by atoms with Crippen molar-refractivity contribution in [1.29, 1.82) is 0 Å². The summed E-state index contributed by atoms with van der Waals surface area (Å²) in [5.41, 5.74) is 6.80. The summed E-state index contributed by atoms with van der Waals surface area (Å²) < 4.78 is 25.7. The molecule has 188 valence electrons. The first-order valence-electron chi connectivity index (χ1n) is 13.3. The molecule has 4 heteroatoms. The number of aromatic nitrogens is 1. The van der Waals surface area contributed by atoms with Gasteiger partial charge in [-0.25, -0.2) is 4.39 Å². The highest BCUT2D eigenvalue weighted by atomic mass is 32.1. The van der Waals surface area contributed by atoms with E-state index in [2.05, 4.69) is 89.5 Å². The van der Waals surface area contributed by atoms with E-state index in [0.29, 0.717) is 0 Å². The number of rotatable bonds is 2. The van der Waals surface area contributed by atoms with Crippen molar-refractivity contribution in [2.75, 3.05) is 0 Å². The van der Waals surface area contributed by atoms with Gasteiger partial charge in [0.15, 0.2) is 0 Å². The molecule has 0 aliphatic heterocycles. The number of hydrogen-bond donors (Lipinski definition) is 0. The molecule has 2 nitrogen and oxygen atoms in total. The smallest absolute Gasteiger partial charge is 0.143 e. The third kappa shape index (κ3) is 3.02. The van der Waals surface area contributed by atoms with Crippen LogP contribution in [0.4, 0.5) is 4.39 Å². The maximum absolute atomic E-state index is 14.7. The van der Waals surface area contributed by atoms with Gasteiger partial charge >= 0.3 is 0 Å². The van der Waals surface area contributed by atoms with Gasteiger partial charge in [-0.1, -0.05) is 60.7 Å². The van der Waals surface area contributed by atoms with Gasteiger partial charge < -0.3 is 8.98 Å². The number of hydrogen-bond acceptors (Lipinski definition) is 2. The number of nitrogens with zero attached hydrogens (tertiary/aromatic N) is 1. The highest BCUT2D eigenvalue weighted by Gasteiger charge is 2.17. The Morgan fingerprint density at radius 1 is 0.550 bits per heavy atom. The first kappa shape index (κ1) is 21.9. The topological polar surface area (TPSA) is 18.1 Å². The van der Waals surface area contributed by atoms with E-state index in [4.69, 9.17) is 4.42 Å². The molecule has 0 bridgehead atoms. The van der Waals surface area contributed by atoms with Crippen molar-refractivity contribution in [2.24, 2.45) is 0 Å². The zero-order chi connectivity index (χ0) is 26.4. The van der Waals surface area contributed by atoms with Gasteiger partial charge in [0.05, 0.1) is 11.0 Å². The van der Waals surface area contributed by atoms with Crippen LogP contribution in [0.2, 0.25) is 0 Å². The Kier molecular flexibility index (Phi) is 4.41. The quantitative estimate of drug-likeness (QED) is 0.216. The number of para-hydroxylation sites is 2. The molecule has 0 radical (unpaired) electrons. The van der Waals surface area contributed by atoms with Gasteiger partial charge in [-0.2, -0.15) is 0 Å². The van der Waals surface area contributed by atoms with E-state index < -0.39 is 0 Å². The first-order valence-corrected chi connectivity index (χ1v) is 14.1. The maximum atomic E-state index is 14.7. The molecule has 0 fully saturated rings. The van der Waals surface area contributed by atoms with E-state index in [9.17, 15) is 4.39 Å². The van der Waals surface area contributed by atoms with E-state index in [1.54, 1.807) is 23.5 Å². The summed E-state index contributed by atoms with van der Waals surface area (Å²) in [4.78, 5) is 0. The summed E-state index contributed by atoms with van der Waals surface area (Å²) in [6.07, 6.45) is 0. The van der Waals surface area contributed by atoms with Crippen molar-refractivity contribution < 1.29 is 8.81 Å². The fraction of sp³-hybridized carbons (Fsp3) is 0. The molecule has 6 aromatic carbocycles. The van der Waals surface area contributed by atoms with Crippen LogP contribution in [0, 0.1) is 5.82 Å². The third-order valence-electron chi connectivity index (χ3n) is 8.06. The third-order valence-corrected chi connectivity index (χ3v) is 9.21. The van der Waals surface area contributed by atoms with E-state index in [1.807, 2.05) is 24.3 Å². The second-order valence-electron chi connectivity index (χ2n) is 10.3. The molecule has 0 unspecified atom stereocenters. The molecule has 0 aliphatic carbocycles. The maximum Gasteiger partial charge on any atom is 0.143 e. The Labute approximate surface area is 232 Å². The average Bonchev–Trinajstić information content (AvgIpc) is 3.65. The number of fused-ring (bicyclic) bond motifs is 9. The summed E-state index contributed by atoms with van der Waals surface area (Å²) >= 11 is 1.80. The lowest BCUT2D eigenvalue weighted by Gasteiger charge is -2.09. The van der Waals surface area contributed by atoms with Crippen molar-refractivity contribution in [2.45, 2.75) is 0 Å². The fourth-order valence-corrected chi connectivity index (χ4v) is 7.35.